The number of piperazine rings is 1. The maximum absolute atomic E-state index is 11.3. The summed E-state index contributed by atoms with van der Waals surface area (Å²) in [6, 6.07) is 7.92. The molecule has 23 heavy (non-hydrogen) atoms. The van der Waals surface area contributed by atoms with Crippen molar-refractivity contribution in [2.75, 3.05) is 43.1 Å². The number of rotatable bonds is 4. The first-order valence-corrected chi connectivity index (χ1v) is 9.47. The van der Waals surface area contributed by atoms with Gasteiger partial charge >= 0.3 is 0 Å². The van der Waals surface area contributed by atoms with E-state index in [9.17, 15) is 8.42 Å². The fraction of sp³-hybridized carbons (Fsp3) is 0.357. The normalized spacial score (nSPS) is 15.7. The van der Waals surface area contributed by atoms with Crippen LogP contribution in [-0.4, -0.2) is 46.7 Å². The molecule has 1 saturated heterocycles. The van der Waals surface area contributed by atoms with Gasteiger partial charge in [0, 0.05) is 26.2 Å². The molecule has 0 atom stereocenters. The molecule has 0 spiro atoms. The third kappa shape index (κ3) is 3.41. The Morgan fingerprint density at radius 1 is 1.17 bits per heavy atom. The first kappa shape index (κ1) is 16.0. The van der Waals surface area contributed by atoms with Gasteiger partial charge in [-0.25, -0.2) is 18.5 Å². The highest BCUT2D eigenvalue weighted by atomic mass is 32.2. The van der Waals surface area contributed by atoms with Crippen molar-refractivity contribution in [2.24, 2.45) is 5.14 Å². The highest BCUT2D eigenvalue weighted by Crippen LogP contribution is 2.30. The van der Waals surface area contributed by atoms with Crippen LogP contribution in [0.15, 0.2) is 34.7 Å². The number of anilines is 2. The molecule has 2 N–H and O–H groups in total. The highest BCUT2D eigenvalue weighted by Gasteiger charge is 2.23. The number of aromatic nitrogens is 1. The van der Waals surface area contributed by atoms with E-state index < -0.39 is 10.0 Å². The molecule has 2 heterocycles. The van der Waals surface area contributed by atoms with Gasteiger partial charge in [0.15, 0.2) is 9.34 Å². The van der Waals surface area contributed by atoms with E-state index in [-0.39, 0.29) is 4.21 Å². The lowest BCUT2D eigenvalue weighted by molar-refractivity contribution is 0.413. The third-order valence-electron chi connectivity index (χ3n) is 3.73. The van der Waals surface area contributed by atoms with Crippen molar-refractivity contribution in [3.63, 3.8) is 0 Å². The number of para-hydroxylation sites is 2. The van der Waals surface area contributed by atoms with Crippen LogP contribution in [0.2, 0.25) is 0 Å². The molecule has 7 nitrogen and oxygen atoms in total. The Balaban J connectivity index is 1.70. The fourth-order valence-corrected chi connectivity index (χ4v) is 4.15. The van der Waals surface area contributed by atoms with Gasteiger partial charge in [-0.2, -0.15) is 0 Å². The van der Waals surface area contributed by atoms with Crippen molar-refractivity contribution in [3.05, 3.63) is 30.5 Å². The number of benzene rings is 1. The molecule has 0 amide bonds. The molecule has 0 bridgehead atoms. The molecule has 1 aliphatic heterocycles. The standard InChI is InChI=1S/C14H18N4O3S2/c1-21-12-5-3-2-4-11(12)17-6-8-18(9-7-17)14-16-10-13(22-14)23(15,19)20/h2-5,10H,6-9H2,1H3,(H2,15,19,20). The lowest BCUT2D eigenvalue weighted by Crippen LogP contribution is -2.46. The lowest BCUT2D eigenvalue weighted by atomic mass is 10.2. The second kappa shape index (κ2) is 6.34. The number of nitrogens with two attached hydrogens (primary N) is 1. The third-order valence-corrected chi connectivity index (χ3v) is 6.19. The zero-order valence-electron chi connectivity index (χ0n) is 12.7. The number of primary sulfonamides is 1. The topological polar surface area (TPSA) is 88.8 Å². The molecular weight excluding hydrogens is 336 g/mol. The summed E-state index contributed by atoms with van der Waals surface area (Å²) in [5.74, 6) is 0.853. The largest absolute Gasteiger partial charge is 0.495 e. The number of methoxy groups -OCH3 is 1. The van der Waals surface area contributed by atoms with Crippen LogP contribution in [0.1, 0.15) is 0 Å². The first-order chi connectivity index (χ1) is 11.0. The van der Waals surface area contributed by atoms with Gasteiger partial charge < -0.3 is 14.5 Å². The Kier molecular flexibility index (Phi) is 4.42. The van der Waals surface area contributed by atoms with Crippen molar-refractivity contribution < 1.29 is 13.2 Å². The molecule has 0 saturated carbocycles. The molecule has 0 unspecified atom stereocenters. The zero-order valence-corrected chi connectivity index (χ0v) is 14.3. The average molecular weight is 354 g/mol. The molecule has 1 fully saturated rings. The Hall–Kier alpha value is -1.84. The summed E-state index contributed by atoms with van der Waals surface area (Å²) >= 11 is 1.11. The minimum Gasteiger partial charge on any atom is -0.495 e. The van der Waals surface area contributed by atoms with Crippen LogP contribution in [0.4, 0.5) is 10.8 Å². The number of hydrogen-bond acceptors (Lipinski definition) is 7. The number of thiazole rings is 1. The van der Waals surface area contributed by atoms with E-state index in [1.54, 1.807) is 7.11 Å². The van der Waals surface area contributed by atoms with Crippen LogP contribution < -0.4 is 19.7 Å². The van der Waals surface area contributed by atoms with Crippen LogP contribution in [0, 0.1) is 0 Å². The van der Waals surface area contributed by atoms with Gasteiger partial charge in [-0.1, -0.05) is 23.5 Å². The van der Waals surface area contributed by atoms with Crippen molar-refractivity contribution in [1.82, 2.24) is 4.98 Å². The highest BCUT2D eigenvalue weighted by molar-refractivity contribution is 7.91. The smallest absolute Gasteiger partial charge is 0.249 e. The summed E-state index contributed by atoms with van der Waals surface area (Å²) in [5.41, 5.74) is 1.07. The Morgan fingerprint density at radius 3 is 2.43 bits per heavy atom. The minimum atomic E-state index is -3.68. The second-order valence-corrected chi connectivity index (χ2v) is 7.95. The minimum absolute atomic E-state index is 0.0969. The van der Waals surface area contributed by atoms with E-state index in [4.69, 9.17) is 9.88 Å². The average Bonchev–Trinajstić information content (AvgIpc) is 3.05. The summed E-state index contributed by atoms with van der Waals surface area (Å²) in [6.45, 7) is 3.14. The molecule has 0 aliphatic carbocycles. The van der Waals surface area contributed by atoms with E-state index in [2.05, 4.69) is 14.8 Å². The number of sulfonamides is 1. The molecule has 2 aromatic rings. The summed E-state index contributed by atoms with van der Waals surface area (Å²) in [7, 11) is -2.01. The van der Waals surface area contributed by atoms with E-state index in [1.807, 2.05) is 24.3 Å². The molecule has 1 aliphatic rings. The van der Waals surface area contributed by atoms with E-state index in [0.29, 0.717) is 5.13 Å². The predicted molar refractivity (Wildman–Crippen MR) is 90.9 cm³/mol. The number of hydrogen-bond donors (Lipinski definition) is 1. The van der Waals surface area contributed by atoms with Gasteiger partial charge in [0.25, 0.3) is 0 Å². The summed E-state index contributed by atoms with van der Waals surface area (Å²) in [4.78, 5) is 8.51. The van der Waals surface area contributed by atoms with Crippen molar-refractivity contribution in [1.29, 1.82) is 0 Å². The van der Waals surface area contributed by atoms with Crippen molar-refractivity contribution in [3.8, 4) is 5.75 Å². The Labute approximate surface area is 139 Å². The summed E-state index contributed by atoms with van der Waals surface area (Å²) in [6.07, 6.45) is 1.32. The van der Waals surface area contributed by atoms with Gasteiger partial charge in [-0.05, 0) is 12.1 Å². The van der Waals surface area contributed by atoms with E-state index in [0.717, 1.165) is 49.0 Å². The van der Waals surface area contributed by atoms with Crippen LogP contribution in [0.3, 0.4) is 0 Å². The maximum atomic E-state index is 11.3. The van der Waals surface area contributed by atoms with Gasteiger partial charge in [-0.15, -0.1) is 0 Å². The molecule has 3 rings (SSSR count). The molecule has 1 aromatic carbocycles. The SMILES string of the molecule is COc1ccccc1N1CCN(c2ncc(S(N)(=O)=O)s2)CC1. The van der Waals surface area contributed by atoms with Crippen molar-refractivity contribution in [2.45, 2.75) is 4.21 Å². The summed E-state index contributed by atoms with van der Waals surface area (Å²) < 4.78 is 28.2. The maximum Gasteiger partial charge on any atom is 0.249 e. The van der Waals surface area contributed by atoms with Gasteiger partial charge in [0.1, 0.15) is 5.75 Å². The van der Waals surface area contributed by atoms with Crippen LogP contribution in [0.25, 0.3) is 0 Å². The first-order valence-electron chi connectivity index (χ1n) is 7.10. The van der Waals surface area contributed by atoms with E-state index in [1.165, 1.54) is 6.20 Å². The number of ether oxygens (including phenoxy) is 1. The lowest BCUT2D eigenvalue weighted by Gasteiger charge is -2.36. The second-order valence-electron chi connectivity index (χ2n) is 5.15. The Morgan fingerprint density at radius 2 is 1.83 bits per heavy atom. The van der Waals surface area contributed by atoms with Gasteiger partial charge in [0.2, 0.25) is 10.0 Å². The van der Waals surface area contributed by atoms with Crippen LogP contribution >= 0.6 is 11.3 Å². The monoisotopic (exact) mass is 354 g/mol. The zero-order chi connectivity index (χ0) is 16.4. The van der Waals surface area contributed by atoms with Crippen LogP contribution in [0.5, 0.6) is 5.75 Å². The van der Waals surface area contributed by atoms with E-state index >= 15 is 0 Å². The van der Waals surface area contributed by atoms with Gasteiger partial charge in [-0.3, -0.25) is 0 Å². The summed E-state index contributed by atoms with van der Waals surface area (Å²) in [5, 5.41) is 5.82. The number of nitrogens with zero attached hydrogens (tertiary/aromatic N) is 3. The molecule has 0 radical (unpaired) electrons. The van der Waals surface area contributed by atoms with Gasteiger partial charge in [0.05, 0.1) is 19.0 Å². The molecule has 124 valence electrons. The quantitative estimate of drug-likeness (QED) is 0.885. The predicted octanol–water partition coefficient (Wildman–Crippen LogP) is 1.13. The molecule has 9 heteroatoms. The molecular formula is C14H18N4O3S2. The van der Waals surface area contributed by atoms with Crippen LogP contribution in [-0.2, 0) is 10.0 Å². The fourth-order valence-electron chi connectivity index (χ4n) is 2.56. The van der Waals surface area contributed by atoms with Crippen molar-refractivity contribution >= 4 is 32.2 Å². The Bertz CT molecular complexity index is 783. The molecule has 1 aromatic heterocycles.